The van der Waals surface area contributed by atoms with Crippen LogP contribution >= 0.6 is 0 Å². The lowest BCUT2D eigenvalue weighted by Gasteiger charge is -2.36. The van der Waals surface area contributed by atoms with E-state index in [1.54, 1.807) is 11.0 Å². The minimum atomic E-state index is -0.905. The molecule has 2 aliphatic heterocycles. The maximum absolute atomic E-state index is 13.0. The zero-order valence-corrected chi connectivity index (χ0v) is 12.3. The van der Waals surface area contributed by atoms with Crippen LogP contribution in [0.25, 0.3) is 0 Å². The number of piperidine rings is 1. The van der Waals surface area contributed by atoms with E-state index in [1.165, 1.54) is 18.2 Å². The number of urea groups is 1. The number of carbonyl (C=O) groups excluding carboxylic acids is 3. The molecular formula is C15H16FN3O4. The first-order valence-corrected chi connectivity index (χ1v) is 7.28. The van der Waals surface area contributed by atoms with Crippen LogP contribution in [-0.2, 0) is 9.59 Å². The quantitative estimate of drug-likeness (QED) is 0.789. The highest BCUT2D eigenvalue weighted by atomic mass is 19.1. The van der Waals surface area contributed by atoms with Crippen molar-refractivity contribution in [2.45, 2.75) is 18.4 Å². The predicted octanol–water partition coefficient (Wildman–Crippen LogP) is 0.405. The Kier molecular flexibility index (Phi) is 3.89. The maximum Gasteiger partial charge on any atom is 0.322 e. The maximum atomic E-state index is 13.0. The second-order valence-corrected chi connectivity index (χ2v) is 5.62. The van der Waals surface area contributed by atoms with Crippen molar-refractivity contribution < 1.29 is 23.5 Å². The molecular weight excluding hydrogens is 305 g/mol. The number of likely N-dealkylation sites (tertiary alicyclic amines) is 1. The molecule has 2 heterocycles. The summed E-state index contributed by atoms with van der Waals surface area (Å²) in [4.78, 5) is 36.8. The number of hydrogen-bond acceptors (Lipinski definition) is 4. The SMILES string of the molecule is O=C1NC(=O)C2(CCN(C(=O)COc3cccc(F)c3)CC2)N1. The lowest BCUT2D eigenvalue weighted by Crippen LogP contribution is -2.56. The summed E-state index contributed by atoms with van der Waals surface area (Å²) in [6, 6.07) is 5.07. The minimum absolute atomic E-state index is 0.199. The van der Waals surface area contributed by atoms with Gasteiger partial charge in [0.2, 0.25) is 0 Å². The van der Waals surface area contributed by atoms with Gasteiger partial charge in [-0.05, 0) is 25.0 Å². The van der Waals surface area contributed by atoms with Gasteiger partial charge in [0.25, 0.3) is 11.8 Å². The van der Waals surface area contributed by atoms with Crippen LogP contribution in [0.1, 0.15) is 12.8 Å². The first kappa shape index (κ1) is 15.3. The molecule has 0 aromatic heterocycles. The number of halogens is 1. The average molecular weight is 321 g/mol. The van der Waals surface area contributed by atoms with Crippen LogP contribution in [0, 0.1) is 5.82 Å². The van der Waals surface area contributed by atoms with Gasteiger partial charge in [0.1, 0.15) is 17.1 Å². The van der Waals surface area contributed by atoms with Crippen molar-refractivity contribution in [3.8, 4) is 5.75 Å². The molecule has 2 fully saturated rings. The lowest BCUT2D eigenvalue weighted by molar-refractivity contribution is -0.137. The number of imide groups is 1. The third-order valence-corrected chi connectivity index (χ3v) is 4.14. The normalized spacial score (nSPS) is 19.4. The largest absolute Gasteiger partial charge is 0.484 e. The van der Waals surface area contributed by atoms with Gasteiger partial charge in [-0.3, -0.25) is 14.9 Å². The van der Waals surface area contributed by atoms with Crippen LogP contribution in [-0.4, -0.2) is 48.0 Å². The Morgan fingerprint density at radius 2 is 2.04 bits per heavy atom. The van der Waals surface area contributed by atoms with Crippen molar-refractivity contribution in [3.63, 3.8) is 0 Å². The van der Waals surface area contributed by atoms with Gasteiger partial charge in [0.15, 0.2) is 6.61 Å². The van der Waals surface area contributed by atoms with Gasteiger partial charge in [0, 0.05) is 19.2 Å². The monoisotopic (exact) mass is 321 g/mol. The van der Waals surface area contributed by atoms with Crippen LogP contribution in [0.15, 0.2) is 24.3 Å². The van der Waals surface area contributed by atoms with E-state index in [-0.39, 0.29) is 24.2 Å². The van der Waals surface area contributed by atoms with Gasteiger partial charge < -0.3 is 15.0 Å². The number of amides is 4. The van der Waals surface area contributed by atoms with E-state index in [0.717, 1.165) is 0 Å². The van der Waals surface area contributed by atoms with Crippen LogP contribution in [0.3, 0.4) is 0 Å². The predicted molar refractivity (Wildman–Crippen MR) is 77.1 cm³/mol. The van der Waals surface area contributed by atoms with E-state index in [0.29, 0.717) is 25.9 Å². The molecule has 1 aromatic carbocycles. The van der Waals surface area contributed by atoms with Gasteiger partial charge in [-0.1, -0.05) is 6.07 Å². The van der Waals surface area contributed by atoms with Gasteiger partial charge in [-0.2, -0.15) is 0 Å². The van der Waals surface area contributed by atoms with Crippen molar-refractivity contribution in [1.82, 2.24) is 15.5 Å². The molecule has 7 nitrogen and oxygen atoms in total. The summed E-state index contributed by atoms with van der Waals surface area (Å²) in [5, 5.41) is 4.85. The van der Waals surface area contributed by atoms with E-state index in [4.69, 9.17) is 4.74 Å². The van der Waals surface area contributed by atoms with Crippen molar-refractivity contribution in [2.75, 3.05) is 19.7 Å². The number of ether oxygens (including phenoxy) is 1. The van der Waals surface area contributed by atoms with Gasteiger partial charge in [0.05, 0.1) is 0 Å². The van der Waals surface area contributed by atoms with Gasteiger partial charge >= 0.3 is 6.03 Å². The highest BCUT2D eigenvalue weighted by Gasteiger charge is 2.48. The molecule has 2 N–H and O–H groups in total. The van der Waals surface area contributed by atoms with Crippen molar-refractivity contribution in [2.24, 2.45) is 0 Å². The smallest absolute Gasteiger partial charge is 0.322 e. The molecule has 0 atom stereocenters. The van der Waals surface area contributed by atoms with Gasteiger partial charge in [-0.15, -0.1) is 0 Å². The first-order valence-electron chi connectivity index (χ1n) is 7.28. The second-order valence-electron chi connectivity index (χ2n) is 5.62. The van der Waals surface area contributed by atoms with E-state index >= 15 is 0 Å². The Bertz CT molecular complexity index is 656. The van der Waals surface area contributed by atoms with E-state index in [1.807, 2.05) is 0 Å². The fourth-order valence-electron chi connectivity index (χ4n) is 2.81. The van der Waals surface area contributed by atoms with Crippen LogP contribution in [0.4, 0.5) is 9.18 Å². The molecule has 0 aliphatic carbocycles. The van der Waals surface area contributed by atoms with Crippen molar-refractivity contribution >= 4 is 17.8 Å². The molecule has 8 heteroatoms. The topological polar surface area (TPSA) is 87.7 Å². The van der Waals surface area contributed by atoms with Crippen molar-refractivity contribution in [1.29, 1.82) is 0 Å². The first-order chi connectivity index (χ1) is 11.0. The minimum Gasteiger partial charge on any atom is -0.484 e. The molecule has 3 rings (SSSR count). The average Bonchev–Trinajstić information content (AvgIpc) is 2.79. The molecule has 23 heavy (non-hydrogen) atoms. The molecule has 2 saturated heterocycles. The highest BCUT2D eigenvalue weighted by molar-refractivity contribution is 6.07. The Morgan fingerprint density at radius 3 is 2.65 bits per heavy atom. The Hall–Kier alpha value is -2.64. The standard InChI is InChI=1S/C15H16FN3O4/c16-10-2-1-3-11(8-10)23-9-12(20)19-6-4-15(5-7-19)13(21)17-14(22)18-15/h1-3,8H,4-7,9H2,(H2,17,18,21,22). The molecule has 0 radical (unpaired) electrons. The number of nitrogens with zero attached hydrogens (tertiary/aromatic N) is 1. The van der Waals surface area contributed by atoms with E-state index in [9.17, 15) is 18.8 Å². The summed E-state index contributed by atoms with van der Waals surface area (Å²) in [6.07, 6.45) is 0.715. The van der Waals surface area contributed by atoms with Crippen molar-refractivity contribution in [3.05, 3.63) is 30.1 Å². The number of benzene rings is 1. The van der Waals surface area contributed by atoms with Gasteiger partial charge in [-0.25, -0.2) is 9.18 Å². The number of hydrogen-bond donors (Lipinski definition) is 2. The fourth-order valence-corrected chi connectivity index (χ4v) is 2.81. The second kappa shape index (κ2) is 5.86. The van der Waals surface area contributed by atoms with Crippen LogP contribution < -0.4 is 15.4 Å². The summed E-state index contributed by atoms with van der Waals surface area (Å²) >= 11 is 0. The summed E-state index contributed by atoms with van der Waals surface area (Å²) in [5.74, 6) is -0.730. The Morgan fingerprint density at radius 1 is 1.30 bits per heavy atom. The van der Waals surface area contributed by atoms with E-state index in [2.05, 4.69) is 10.6 Å². The Balaban J connectivity index is 1.52. The number of nitrogens with one attached hydrogen (secondary N) is 2. The lowest BCUT2D eigenvalue weighted by atomic mass is 9.88. The summed E-state index contributed by atoms with van der Waals surface area (Å²) in [5.41, 5.74) is -0.905. The van der Waals surface area contributed by atoms with Crippen LogP contribution in [0.5, 0.6) is 5.75 Å². The third kappa shape index (κ3) is 3.10. The molecule has 0 saturated carbocycles. The third-order valence-electron chi connectivity index (χ3n) is 4.14. The number of rotatable bonds is 3. The zero-order valence-electron chi connectivity index (χ0n) is 12.3. The molecule has 4 amide bonds. The zero-order chi connectivity index (χ0) is 16.4. The summed E-state index contributed by atoms with van der Waals surface area (Å²) in [7, 11) is 0. The fraction of sp³-hybridized carbons (Fsp3) is 0.400. The van der Waals surface area contributed by atoms with Crippen LogP contribution in [0.2, 0.25) is 0 Å². The van der Waals surface area contributed by atoms with E-state index < -0.39 is 17.4 Å². The molecule has 2 aliphatic rings. The highest BCUT2D eigenvalue weighted by Crippen LogP contribution is 2.25. The summed E-state index contributed by atoms with van der Waals surface area (Å²) in [6.45, 7) is 0.493. The molecule has 1 spiro atoms. The molecule has 0 unspecified atom stereocenters. The molecule has 122 valence electrons. The number of carbonyl (C=O) groups is 3. The molecule has 0 bridgehead atoms. The Labute approximate surface area is 131 Å². The summed E-state index contributed by atoms with van der Waals surface area (Å²) < 4.78 is 18.3. The molecule has 1 aromatic rings.